The minimum Gasteiger partial charge on any atom is -0.438 e. The molecule has 19 heavy (non-hydrogen) atoms. The molecule has 2 rings (SSSR count). The number of nitrogens with zero attached hydrogens (tertiary/aromatic N) is 1. The molecule has 0 unspecified atom stereocenters. The molecule has 0 saturated heterocycles. The number of amides is 1. The van der Waals surface area contributed by atoms with Crippen LogP contribution >= 0.6 is 0 Å². The van der Waals surface area contributed by atoms with Crippen LogP contribution in [0.1, 0.15) is 47.1 Å². The number of hydrogen-bond donors (Lipinski definition) is 1. The first-order valence-electron chi connectivity index (χ1n) is 6.31. The quantitative estimate of drug-likeness (QED) is 0.913. The van der Waals surface area contributed by atoms with E-state index >= 15 is 0 Å². The fourth-order valence-electron chi connectivity index (χ4n) is 1.84. The first kappa shape index (κ1) is 13.3. The van der Waals surface area contributed by atoms with Crippen molar-refractivity contribution in [3.8, 4) is 0 Å². The van der Waals surface area contributed by atoms with E-state index < -0.39 is 0 Å². The third-order valence-electron chi connectivity index (χ3n) is 3.11. The zero-order valence-electron chi connectivity index (χ0n) is 11.7. The summed E-state index contributed by atoms with van der Waals surface area (Å²) >= 11 is 0. The fourth-order valence-corrected chi connectivity index (χ4v) is 1.84. The van der Waals surface area contributed by atoms with Crippen LogP contribution in [0.3, 0.4) is 0 Å². The minimum absolute atomic E-state index is 0.152. The van der Waals surface area contributed by atoms with Gasteiger partial charge in [0.15, 0.2) is 6.39 Å². The Labute approximate surface area is 112 Å². The van der Waals surface area contributed by atoms with Crippen LogP contribution in [0.2, 0.25) is 0 Å². The molecule has 0 aliphatic rings. The number of nitrogens with one attached hydrogen (secondary N) is 1. The van der Waals surface area contributed by atoms with E-state index in [1.807, 2.05) is 45.9 Å². The molecule has 4 nitrogen and oxygen atoms in total. The highest BCUT2D eigenvalue weighted by molar-refractivity contribution is 6.03. The lowest BCUT2D eigenvalue weighted by Gasteiger charge is -2.08. The first-order chi connectivity index (χ1) is 8.99. The average Bonchev–Trinajstić information content (AvgIpc) is 2.83. The predicted octanol–water partition coefficient (Wildman–Crippen LogP) is 3.67. The number of aromatic nitrogens is 1. The second-order valence-corrected chi connectivity index (χ2v) is 4.97. The van der Waals surface area contributed by atoms with Gasteiger partial charge in [0.2, 0.25) is 5.76 Å². The maximum Gasteiger partial charge on any atom is 0.293 e. The summed E-state index contributed by atoms with van der Waals surface area (Å²) in [5.74, 6) is 0.178. The van der Waals surface area contributed by atoms with Gasteiger partial charge in [-0.05, 0) is 43.0 Å². The molecule has 0 fully saturated rings. The van der Waals surface area contributed by atoms with Crippen molar-refractivity contribution in [1.82, 2.24) is 4.98 Å². The number of oxazole rings is 1. The molecular weight excluding hydrogens is 240 g/mol. The number of benzene rings is 1. The van der Waals surface area contributed by atoms with Crippen molar-refractivity contribution in [3.05, 3.63) is 47.2 Å². The Morgan fingerprint density at radius 2 is 2.00 bits per heavy atom. The van der Waals surface area contributed by atoms with Crippen LogP contribution in [-0.4, -0.2) is 10.9 Å². The summed E-state index contributed by atoms with van der Waals surface area (Å²) in [5, 5.41) is 2.83. The molecule has 0 atom stereocenters. The number of carbonyl (C=O) groups is 1. The van der Waals surface area contributed by atoms with Crippen molar-refractivity contribution in [1.29, 1.82) is 0 Å². The molecule has 1 heterocycles. The number of aryl methyl sites for hydroxylation is 2. The maximum absolute atomic E-state index is 12.2. The van der Waals surface area contributed by atoms with E-state index in [2.05, 4.69) is 10.3 Å². The second-order valence-electron chi connectivity index (χ2n) is 4.97. The lowest BCUT2D eigenvalue weighted by atomic mass is 10.1. The molecule has 0 radical (unpaired) electrons. The van der Waals surface area contributed by atoms with Gasteiger partial charge in [0, 0.05) is 5.69 Å². The summed E-state index contributed by atoms with van der Waals surface area (Å²) in [6, 6.07) is 5.80. The summed E-state index contributed by atoms with van der Waals surface area (Å²) < 4.78 is 5.19. The smallest absolute Gasteiger partial charge is 0.293 e. The van der Waals surface area contributed by atoms with Crippen LogP contribution in [0, 0.1) is 13.8 Å². The summed E-state index contributed by atoms with van der Waals surface area (Å²) in [5.41, 5.74) is 3.78. The molecule has 4 heteroatoms. The molecule has 0 aliphatic heterocycles. The lowest BCUT2D eigenvalue weighted by Crippen LogP contribution is -2.14. The molecule has 2 aromatic rings. The molecule has 0 spiro atoms. The fraction of sp³-hybridized carbons (Fsp3) is 0.333. The van der Waals surface area contributed by atoms with Gasteiger partial charge in [-0.15, -0.1) is 0 Å². The number of carbonyl (C=O) groups excluding carboxylic acids is 1. The SMILES string of the molecule is Cc1ccc(NC(=O)c2ocnc2C(C)C)cc1C. The summed E-state index contributed by atoms with van der Waals surface area (Å²) in [6.45, 7) is 8.00. The van der Waals surface area contributed by atoms with Gasteiger partial charge in [0.05, 0.1) is 5.69 Å². The van der Waals surface area contributed by atoms with Crippen molar-refractivity contribution < 1.29 is 9.21 Å². The minimum atomic E-state index is -0.260. The molecule has 1 amide bonds. The molecule has 1 N–H and O–H groups in total. The number of hydrogen-bond acceptors (Lipinski definition) is 3. The topological polar surface area (TPSA) is 55.1 Å². The molecular formula is C15H18N2O2. The summed E-state index contributed by atoms with van der Waals surface area (Å²) in [7, 11) is 0. The van der Waals surface area contributed by atoms with Gasteiger partial charge in [0.25, 0.3) is 5.91 Å². The Bertz CT molecular complexity index is 600. The van der Waals surface area contributed by atoms with Crippen LogP contribution in [-0.2, 0) is 0 Å². The third kappa shape index (κ3) is 2.84. The van der Waals surface area contributed by atoms with Crippen LogP contribution in [0.15, 0.2) is 29.0 Å². The molecule has 0 saturated carbocycles. The Balaban J connectivity index is 2.21. The standard InChI is InChI=1S/C15H18N2O2/c1-9(2)13-14(19-8-16-13)15(18)17-12-6-5-10(3)11(4)7-12/h5-9H,1-4H3,(H,17,18). The van der Waals surface area contributed by atoms with E-state index in [-0.39, 0.29) is 17.6 Å². The van der Waals surface area contributed by atoms with Crippen LogP contribution in [0.4, 0.5) is 5.69 Å². The van der Waals surface area contributed by atoms with Crippen molar-refractivity contribution >= 4 is 11.6 Å². The van der Waals surface area contributed by atoms with Crippen molar-refractivity contribution in [2.24, 2.45) is 0 Å². The summed E-state index contributed by atoms with van der Waals surface area (Å²) in [6.07, 6.45) is 1.31. The zero-order chi connectivity index (χ0) is 14.0. The third-order valence-corrected chi connectivity index (χ3v) is 3.11. The van der Waals surface area contributed by atoms with E-state index in [1.165, 1.54) is 12.0 Å². The van der Waals surface area contributed by atoms with Gasteiger partial charge < -0.3 is 9.73 Å². The van der Waals surface area contributed by atoms with Gasteiger partial charge in [-0.2, -0.15) is 0 Å². The van der Waals surface area contributed by atoms with E-state index in [1.54, 1.807) is 0 Å². The molecule has 0 bridgehead atoms. The van der Waals surface area contributed by atoms with Crippen LogP contribution in [0.5, 0.6) is 0 Å². The van der Waals surface area contributed by atoms with Gasteiger partial charge in [-0.25, -0.2) is 4.98 Å². The molecule has 0 aliphatic carbocycles. The average molecular weight is 258 g/mol. The highest BCUT2D eigenvalue weighted by Crippen LogP contribution is 2.20. The number of anilines is 1. The van der Waals surface area contributed by atoms with Gasteiger partial charge >= 0.3 is 0 Å². The Kier molecular flexibility index (Phi) is 3.69. The Morgan fingerprint density at radius 3 is 2.63 bits per heavy atom. The van der Waals surface area contributed by atoms with Gasteiger partial charge in [0.1, 0.15) is 0 Å². The van der Waals surface area contributed by atoms with E-state index in [0.717, 1.165) is 11.3 Å². The normalized spacial score (nSPS) is 10.8. The molecule has 1 aromatic heterocycles. The maximum atomic E-state index is 12.2. The lowest BCUT2D eigenvalue weighted by molar-refractivity contribution is 0.0995. The van der Waals surface area contributed by atoms with Crippen molar-refractivity contribution in [3.63, 3.8) is 0 Å². The van der Waals surface area contributed by atoms with E-state index in [0.29, 0.717) is 5.69 Å². The Hall–Kier alpha value is -2.10. The zero-order valence-corrected chi connectivity index (χ0v) is 11.7. The van der Waals surface area contributed by atoms with Crippen molar-refractivity contribution in [2.45, 2.75) is 33.6 Å². The highest BCUT2D eigenvalue weighted by Gasteiger charge is 2.19. The van der Waals surface area contributed by atoms with E-state index in [9.17, 15) is 4.79 Å². The Morgan fingerprint density at radius 1 is 1.26 bits per heavy atom. The largest absolute Gasteiger partial charge is 0.438 e. The first-order valence-corrected chi connectivity index (χ1v) is 6.31. The highest BCUT2D eigenvalue weighted by atomic mass is 16.3. The second kappa shape index (κ2) is 5.26. The van der Waals surface area contributed by atoms with Gasteiger partial charge in [-0.3, -0.25) is 4.79 Å². The van der Waals surface area contributed by atoms with Crippen molar-refractivity contribution in [2.75, 3.05) is 5.32 Å². The molecule has 100 valence electrons. The predicted molar refractivity (Wildman–Crippen MR) is 74.5 cm³/mol. The van der Waals surface area contributed by atoms with E-state index in [4.69, 9.17) is 4.42 Å². The van der Waals surface area contributed by atoms with Crippen LogP contribution in [0.25, 0.3) is 0 Å². The molecule has 1 aromatic carbocycles. The summed E-state index contributed by atoms with van der Waals surface area (Å²) in [4.78, 5) is 16.2. The van der Waals surface area contributed by atoms with Gasteiger partial charge in [-0.1, -0.05) is 19.9 Å². The van der Waals surface area contributed by atoms with Crippen LogP contribution < -0.4 is 5.32 Å². The monoisotopic (exact) mass is 258 g/mol. The number of rotatable bonds is 3.